The van der Waals surface area contributed by atoms with E-state index >= 15 is 0 Å². The Morgan fingerprint density at radius 2 is 2.30 bits per heavy atom. The number of rotatable bonds is 6. The number of nitrogens with one attached hydrogen (secondary N) is 1. The smallest absolute Gasteiger partial charge is 0.127 e. The Hall–Kier alpha value is -0.410. The van der Waals surface area contributed by atoms with E-state index in [1.54, 1.807) is 0 Å². The molecule has 0 spiro atoms. The third-order valence-corrected chi connectivity index (χ3v) is 1.41. The fourth-order valence-electron chi connectivity index (χ4n) is 0.762. The predicted octanol–water partition coefficient (Wildman–Crippen LogP) is 2.07. The molecule has 0 radical (unpaired) electrons. The molecule has 10 heavy (non-hydrogen) atoms. The third-order valence-electron chi connectivity index (χ3n) is 1.41. The van der Waals surface area contributed by atoms with Crippen LogP contribution < -0.4 is 0 Å². The van der Waals surface area contributed by atoms with Crippen LogP contribution in [0.3, 0.4) is 0 Å². The molecule has 0 heterocycles. The van der Waals surface area contributed by atoms with Gasteiger partial charge < -0.3 is 5.41 Å². The highest BCUT2D eigenvalue weighted by molar-refractivity contribution is 5.58. The van der Waals surface area contributed by atoms with Crippen LogP contribution >= 0.6 is 0 Å². The fourth-order valence-corrected chi connectivity index (χ4v) is 0.762. The van der Waals surface area contributed by atoms with Crippen molar-refractivity contribution in [3.8, 4) is 0 Å². The van der Waals surface area contributed by atoms with Crippen LogP contribution in [0.15, 0.2) is 0 Å². The molecule has 0 aliphatic rings. The Morgan fingerprint density at radius 1 is 1.60 bits per heavy atom. The maximum absolute atomic E-state index is 8.17. The molecule has 0 aliphatic carbocycles. The molecule has 3 heteroatoms. The van der Waals surface area contributed by atoms with Crippen molar-refractivity contribution in [1.29, 1.82) is 5.41 Å². The first-order chi connectivity index (χ1) is 4.85. The SMILES string of the molecule is CCCCCC(C=N)OO. The van der Waals surface area contributed by atoms with Gasteiger partial charge in [-0.15, -0.1) is 0 Å². The van der Waals surface area contributed by atoms with Gasteiger partial charge in [0.25, 0.3) is 0 Å². The van der Waals surface area contributed by atoms with Gasteiger partial charge in [-0.1, -0.05) is 26.2 Å². The molecule has 0 saturated heterocycles. The monoisotopic (exact) mass is 145 g/mol. The van der Waals surface area contributed by atoms with Crippen molar-refractivity contribution in [3.63, 3.8) is 0 Å². The van der Waals surface area contributed by atoms with Crippen molar-refractivity contribution in [2.75, 3.05) is 0 Å². The first kappa shape index (κ1) is 9.59. The molecule has 0 aromatic heterocycles. The van der Waals surface area contributed by atoms with E-state index in [1.165, 1.54) is 0 Å². The largest absolute Gasteiger partial charge is 0.310 e. The molecule has 0 bridgehead atoms. The maximum atomic E-state index is 8.17. The van der Waals surface area contributed by atoms with Gasteiger partial charge in [0.1, 0.15) is 6.10 Å². The quantitative estimate of drug-likeness (QED) is 0.260. The van der Waals surface area contributed by atoms with Gasteiger partial charge in [0, 0.05) is 6.21 Å². The van der Waals surface area contributed by atoms with E-state index in [0.717, 1.165) is 31.9 Å². The topological polar surface area (TPSA) is 53.3 Å². The van der Waals surface area contributed by atoms with E-state index in [4.69, 9.17) is 10.7 Å². The minimum Gasteiger partial charge on any atom is -0.310 e. The summed E-state index contributed by atoms with van der Waals surface area (Å²) in [6, 6.07) is 0. The van der Waals surface area contributed by atoms with Gasteiger partial charge in [0.2, 0.25) is 0 Å². The highest BCUT2D eigenvalue weighted by Crippen LogP contribution is 2.03. The zero-order valence-electron chi connectivity index (χ0n) is 6.34. The van der Waals surface area contributed by atoms with Gasteiger partial charge in [-0.25, -0.2) is 4.89 Å². The second-order valence-electron chi connectivity index (χ2n) is 2.31. The van der Waals surface area contributed by atoms with Crippen LogP contribution in [0.5, 0.6) is 0 Å². The summed E-state index contributed by atoms with van der Waals surface area (Å²) in [5.74, 6) is 0. The van der Waals surface area contributed by atoms with E-state index in [1.807, 2.05) is 0 Å². The predicted molar refractivity (Wildman–Crippen MR) is 40.4 cm³/mol. The Kier molecular flexibility index (Phi) is 6.43. The Morgan fingerprint density at radius 3 is 2.70 bits per heavy atom. The number of unbranched alkanes of at least 4 members (excludes halogenated alkanes) is 2. The minimum absolute atomic E-state index is 0.397. The molecule has 0 amide bonds. The van der Waals surface area contributed by atoms with Crippen LogP contribution in [0.4, 0.5) is 0 Å². The van der Waals surface area contributed by atoms with E-state index in [9.17, 15) is 0 Å². The van der Waals surface area contributed by atoms with Crippen LogP contribution in [0.25, 0.3) is 0 Å². The van der Waals surface area contributed by atoms with Crippen molar-refractivity contribution in [2.24, 2.45) is 0 Å². The van der Waals surface area contributed by atoms with E-state index in [0.29, 0.717) is 0 Å². The fraction of sp³-hybridized carbons (Fsp3) is 0.857. The van der Waals surface area contributed by atoms with Crippen LogP contribution in [-0.4, -0.2) is 17.6 Å². The molecule has 0 aromatic carbocycles. The summed E-state index contributed by atoms with van der Waals surface area (Å²) >= 11 is 0. The molecule has 1 unspecified atom stereocenters. The van der Waals surface area contributed by atoms with Crippen molar-refractivity contribution in [1.82, 2.24) is 0 Å². The van der Waals surface area contributed by atoms with Crippen molar-refractivity contribution in [2.45, 2.75) is 38.7 Å². The van der Waals surface area contributed by atoms with Crippen molar-refractivity contribution < 1.29 is 10.1 Å². The van der Waals surface area contributed by atoms with Gasteiger partial charge in [-0.2, -0.15) is 0 Å². The zero-order chi connectivity index (χ0) is 7.82. The van der Waals surface area contributed by atoms with Gasteiger partial charge in [-0.3, -0.25) is 5.26 Å². The molecule has 0 fully saturated rings. The average molecular weight is 145 g/mol. The lowest BCUT2D eigenvalue weighted by molar-refractivity contribution is -0.260. The molecule has 0 aliphatic heterocycles. The van der Waals surface area contributed by atoms with Crippen LogP contribution in [0, 0.1) is 5.41 Å². The molecule has 0 rings (SSSR count). The normalized spacial score (nSPS) is 13.0. The average Bonchev–Trinajstić information content (AvgIpc) is 1.99. The Balaban J connectivity index is 3.17. The maximum Gasteiger partial charge on any atom is 0.127 e. The second kappa shape index (κ2) is 6.71. The number of hydrogen-bond acceptors (Lipinski definition) is 3. The Bertz CT molecular complexity index is 85.7. The van der Waals surface area contributed by atoms with Crippen LogP contribution in [0.2, 0.25) is 0 Å². The molecular formula is C7H15NO2. The number of hydrogen-bond donors (Lipinski definition) is 2. The summed E-state index contributed by atoms with van der Waals surface area (Å²) in [4.78, 5) is 4.00. The molecule has 3 nitrogen and oxygen atoms in total. The molecule has 2 N–H and O–H groups in total. The van der Waals surface area contributed by atoms with Gasteiger partial charge in [-0.05, 0) is 6.42 Å². The summed E-state index contributed by atoms with van der Waals surface area (Å²) in [6.07, 6.45) is 4.76. The second-order valence-corrected chi connectivity index (χ2v) is 2.31. The summed E-state index contributed by atoms with van der Waals surface area (Å²) in [6.45, 7) is 2.11. The Labute approximate surface area is 61.5 Å². The first-order valence-electron chi connectivity index (χ1n) is 3.66. The molecule has 0 saturated carbocycles. The summed E-state index contributed by atoms with van der Waals surface area (Å²) in [5, 5.41) is 15.0. The van der Waals surface area contributed by atoms with E-state index < -0.39 is 6.10 Å². The summed E-state index contributed by atoms with van der Waals surface area (Å²) in [7, 11) is 0. The van der Waals surface area contributed by atoms with Gasteiger partial charge in [0.05, 0.1) is 0 Å². The molecule has 0 aromatic rings. The lowest BCUT2D eigenvalue weighted by atomic mass is 10.1. The van der Waals surface area contributed by atoms with Crippen molar-refractivity contribution in [3.05, 3.63) is 0 Å². The van der Waals surface area contributed by atoms with Crippen LogP contribution in [-0.2, 0) is 4.89 Å². The molecule has 1 atom stereocenters. The minimum atomic E-state index is -0.397. The zero-order valence-corrected chi connectivity index (χ0v) is 6.34. The lowest BCUT2D eigenvalue weighted by Gasteiger charge is -2.05. The lowest BCUT2D eigenvalue weighted by Crippen LogP contribution is -2.11. The highest BCUT2D eigenvalue weighted by atomic mass is 17.1. The van der Waals surface area contributed by atoms with Crippen molar-refractivity contribution >= 4 is 6.21 Å². The van der Waals surface area contributed by atoms with Gasteiger partial charge in [0.15, 0.2) is 0 Å². The molecule has 60 valence electrons. The van der Waals surface area contributed by atoms with Crippen LogP contribution in [0.1, 0.15) is 32.6 Å². The third kappa shape index (κ3) is 4.47. The van der Waals surface area contributed by atoms with E-state index in [2.05, 4.69) is 11.8 Å². The highest BCUT2D eigenvalue weighted by Gasteiger charge is 2.02. The summed E-state index contributed by atoms with van der Waals surface area (Å²) < 4.78 is 0. The standard InChI is InChI=1S/C7H15NO2/c1-2-3-4-5-7(6-8)10-9/h6-9H,2-5H2,1H3. The van der Waals surface area contributed by atoms with Gasteiger partial charge >= 0.3 is 0 Å². The van der Waals surface area contributed by atoms with E-state index in [-0.39, 0.29) is 0 Å². The first-order valence-corrected chi connectivity index (χ1v) is 3.66. The molecular weight excluding hydrogens is 130 g/mol. The summed E-state index contributed by atoms with van der Waals surface area (Å²) in [5.41, 5.74) is 0.